The number of sulfonamides is 1. The third-order valence-corrected chi connectivity index (χ3v) is 8.39. The van der Waals surface area contributed by atoms with E-state index in [4.69, 9.17) is 10.00 Å². The van der Waals surface area contributed by atoms with Crippen LogP contribution in [0.2, 0.25) is 0 Å². The third kappa shape index (κ3) is 4.43. The van der Waals surface area contributed by atoms with Gasteiger partial charge in [-0.1, -0.05) is 39.0 Å². The molecule has 168 valence electrons. The molecule has 2 atom stereocenters. The second-order valence-electron chi connectivity index (χ2n) is 10.2. The maximum atomic E-state index is 13.5. The number of ether oxygens (including phenoxy) is 1. The molecule has 32 heavy (non-hydrogen) atoms. The normalized spacial score (nSPS) is 24.6. The fourth-order valence-corrected chi connectivity index (χ4v) is 7.34. The zero-order valence-electron chi connectivity index (χ0n) is 18.7. The van der Waals surface area contributed by atoms with Crippen LogP contribution in [-0.4, -0.2) is 31.3 Å². The Labute approximate surface area is 189 Å². The Balaban J connectivity index is 1.50. The van der Waals surface area contributed by atoms with Gasteiger partial charge in [-0.25, -0.2) is 13.2 Å². The summed E-state index contributed by atoms with van der Waals surface area (Å²) in [7, 11) is -3.72. The van der Waals surface area contributed by atoms with Gasteiger partial charge in [0.2, 0.25) is 10.0 Å². The fraction of sp³-hybridized carbons (Fsp3) is 0.440. The van der Waals surface area contributed by atoms with Crippen molar-refractivity contribution in [3.63, 3.8) is 0 Å². The number of hydrogen-bond donors (Lipinski definition) is 0. The molecule has 4 rings (SSSR count). The quantitative estimate of drug-likeness (QED) is 0.623. The van der Waals surface area contributed by atoms with Crippen molar-refractivity contribution in [3.05, 3.63) is 65.2 Å². The van der Waals surface area contributed by atoms with Gasteiger partial charge >= 0.3 is 5.97 Å². The van der Waals surface area contributed by atoms with Crippen molar-refractivity contribution < 1.29 is 17.9 Å². The number of rotatable bonds is 5. The van der Waals surface area contributed by atoms with Crippen LogP contribution in [0, 0.1) is 22.2 Å². The standard InChI is InChI=1S/C25H28N2O4S/c1-24(2)12-21-13-25(3,16-24)17-27(21)32(29,30)22-6-4-5-20(11-22)23(28)31-15-19-9-7-18(14-26)8-10-19/h4-11,21H,12-13,15-17H2,1-3H3. The summed E-state index contributed by atoms with van der Waals surface area (Å²) >= 11 is 0. The van der Waals surface area contributed by atoms with Gasteiger partial charge in [-0.3, -0.25) is 0 Å². The Morgan fingerprint density at radius 2 is 1.88 bits per heavy atom. The molecule has 2 unspecified atom stereocenters. The molecule has 0 amide bonds. The van der Waals surface area contributed by atoms with Gasteiger partial charge in [0.15, 0.2) is 0 Å². The van der Waals surface area contributed by atoms with E-state index in [9.17, 15) is 13.2 Å². The van der Waals surface area contributed by atoms with Crippen molar-refractivity contribution >= 4 is 16.0 Å². The highest BCUT2D eigenvalue weighted by molar-refractivity contribution is 7.89. The van der Waals surface area contributed by atoms with Gasteiger partial charge in [0, 0.05) is 12.6 Å². The molecule has 2 aromatic rings. The smallest absolute Gasteiger partial charge is 0.338 e. The number of nitrogens with zero attached hydrogens (tertiary/aromatic N) is 2. The maximum Gasteiger partial charge on any atom is 0.338 e. The van der Waals surface area contributed by atoms with Crippen molar-refractivity contribution in [3.8, 4) is 6.07 Å². The summed E-state index contributed by atoms with van der Waals surface area (Å²) in [5, 5.41) is 8.87. The molecule has 1 aliphatic carbocycles. The van der Waals surface area contributed by atoms with E-state index in [0.717, 1.165) is 24.8 Å². The molecule has 0 aromatic heterocycles. The fourth-order valence-electron chi connectivity index (χ4n) is 5.52. The minimum Gasteiger partial charge on any atom is -0.457 e. The highest BCUT2D eigenvalue weighted by Gasteiger charge is 2.53. The SMILES string of the molecule is CC1(C)CC2CC(C)(CN2S(=O)(=O)c2cccc(C(=O)OCc3ccc(C#N)cc3)c2)C1. The van der Waals surface area contributed by atoms with Gasteiger partial charge in [0.05, 0.1) is 22.1 Å². The predicted molar refractivity (Wildman–Crippen MR) is 120 cm³/mol. The van der Waals surface area contributed by atoms with Gasteiger partial charge < -0.3 is 4.74 Å². The van der Waals surface area contributed by atoms with E-state index in [0.29, 0.717) is 12.1 Å². The van der Waals surface area contributed by atoms with Crippen LogP contribution in [0.25, 0.3) is 0 Å². The number of hydrogen-bond acceptors (Lipinski definition) is 5. The Kier molecular flexibility index (Phi) is 5.64. The van der Waals surface area contributed by atoms with E-state index in [1.54, 1.807) is 46.8 Å². The van der Waals surface area contributed by atoms with E-state index < -0.39 is 16.0 Å². The summed E-state index contributed by atoms with van der Waals surface area (Å²) in [5.41, 5.74) is 1.58. The van der Waals surface area contributed by atoms with Gasteiger partial charge in [-0.15, -0.1) is 0 Å². The van der Waals surface area contributed by atoms with Crippen LogP contribution in [0.3, 0.4) is 0 Å². The molecule has 2 aliphatic rings. The van der Waals surface area contributed by atoms with Crippen molar-refractivity contribution in [1.82, 2.24) is 4.31 Å². The number of carbonyl (C=O) groups excluding carboxylic acids is 1. The minimum absolute atomic E-state index is 0.0132. The van der Waals surface area contributed by atoms with Crippen molar-refractivity contribution in [2.45, 2.75) is 57.6 Å². The number of benzene rings is 2. The highest BCUT2D eigenvalue weighted by atomic mass is 32.2. The zero-order chi connectivity index (χ0) is 23.1. The largest absolute Gasteiger partial charge is 0.457 e. The van der Waals surface area contributed by atoms with Crippen LogP contribution in [0.1, 0.15) is 61.5 Å². The van der Waals surface area contributed by atoms with E-state index in [2.05, 4.69) is 20.8 Å². The lowest BCUT2D eigenvalue weighted by atomic mass is 9.65. The van der Waals surface area contributed by atoms with E-state index in [-0.39, 0.29) is 33.9 Å². The number of nitriles is 1. The van der Waals surface area contributed by atoms with E-state index in [1.807, 2.05) is 6.07 Å². The van der Waals surface area contributed by atoms with Crippen LogP contribution < -0.4 is 0 Å². The van der Waals surface area contributed by atoms with Gasteiger partial charge in [0.1, 0.15) is 6.61 Å². The first-order valence-corrected chi connectivity index (χ1v) is 12.2. The average Bonchev–Trinajstić information content (AvgIpc) is 3.01. The van der Waals surface area contributed by atoms with Crippen molar-refractivity contribution in [2.75, 3.05) is 6.54 Å². The van der Waals surface area contributed by atoms with Gasteiger partial charge in [0.25, 0.3) is 0 Å². The topological polar surface area (TPSA) is 87.5 Å². The molecule has 1 aliphatic heterocycles. The Morgan fingerprint density at radius 3 is 2.56 bits per heavy atom. The highest BCUT2D eigenvalue weighted by Crippen LogP contribution is 2.53. The monoisotopic (exact) mass is 452 g/mol. The molecule has 1 heterocycles. The summed E-state index contributed by atoms with van der Waals surface area (Å²) in [6.45, 7) is 7.14. The predicted octanol–water partition coefficient (Wildman–Crippen LogP) is 4.50. The van der Waals surface area contributed by atoms with Crippen molar-refractivity contribution in [2.24, 2.45) is 10.8 Å². The van der Waals surface area contributed by atoms with Crippen LogP contribution >= 0.6 is 0 Å². The third-order valence-electron chi connectivity index (χ3n) is 6.50. The molecule has 7 heteroatoms. The Morgan fingerprint density at radius 1 is 1.16 bits per heavy atom. The average molecular weight is 453 g/mol. The van der Waals surface area contributed by atoms with Crippen LogP contribution in [0.4, 0.5) is 0 Å². The molecule has 6 nitrogen and oxygen atoms in total. The molecule has 2 fully saturated rings. The Hall–Kier alpha value is -2.69. The maximum absolute atomic E-state index is 13.5. The van der Waals surface area contributed by atoms with Crippen LogP contribution in [-0.2, 0) is 21.4 Å². The van der Waals surface area contributed by atoms with Gasteiger partial charge in [-0.2, -0.15) is 9.57 Å². The lowest BCUT2D eigenvalue weighted by Gasteiger charge is -2.39. The molecule has 0 radical (unpaired) electrons. The summed E-state index contributed by atoms with van der Waals surface area (Å²) in [6.07, 6.45) is 2.72. The molecule has 0 spiro atoms. The molecule has 1 saturated heterocycles. The van der Waals surface area contributed by atoms with E-state index >= 15 is 0 Å². The zero-order valence-corrected chi connectivity index (χ0v) is 19.5. The molecular formula is C25H28N2O4S. The molecule has 1 saturated carbocycles. The Bertz CT molecular complexity index is 1180. The number of fused-ring (bicyclic) bond motifs is 2. The second-order valence-corrected chi connectivity index (χ2v) is 12.1. The molecule has 0 N–H and O–H groups in total. The second kappa shape index (κ2) is 8.02. The summed E-state index contributed by atoms with van der Waals surface area (Å²) in [6, 6.07) is 14.9. The summed E-state index contributed by atoms with van der Waals surface area (Å²) in [4.78, 5) is 12.7. The first-order chi connectivity index (χ1) is 15.0. The first kappa shape index (κ1) is 22.5. The van der Waals surface area contributed by atoms with Crippen molar-refractivity contribution in [1.29, 1.82) is 5.26 Å². The van der Waals surface area contributed by atoms with Crippen LogP contribution in [0.15, 0.2) is 53.4 Å². The minimum atomic E-state index is -3.72. The summed E-state index contributed by atoms with van der Waals surface area (Å²) in [5.74, 6) is -0.584. The first-order valence-electron chi connectivity index (χ1n) is 10.8. The molecule has 2 bridgehead atoms. The van der Waals surface area contributed by atoms with Gasteiger partial charge in [-0.05, 0) is 66.0 Å². The summed E-state index contributed by atoms with van der Waals surface area (Å²) < 4.78 is 34.0. The van der Waals surface area contributed by atoms with Crippen LogP contribution in [0.5, 0.6) is 0 Å². The lowest BCUT2D eigenvalue weighted by Crippen LogP contribution is -2.37. The molecule has 2 aromatic carbocycles. The molecular weight excluding hydrogens is 424 g/mol. The number of esters is 1. The lowest BCUT2D eigenvalue weighted by molar-refractivity contribution is 0.0472. The number of carbonyl (C=O) groups is 1. The van der Waals surface area contributed by atoms with E-state index in [1.165, 1.54) is 6.07 Å².